The monoisotopic (exact) mass is 507 g/mol. The van der Waals surface area contributed by atoms with Crippen molar-refractivity contribution in [2.24, 2.45) is 0 Å². The van der Waals surface area contributed by atoms with E-state index in [4.69, 9.17) is 0 Å². The Bertz CT molecular complexity index is 1440. The molecular weight excluding hydrogens is 474 g/mol. The molecular formula is C31H33N5O2. The molecule has 194 valence electrons. The summed E-state index contributed by atoms with van der Waals surface area (Å²) in [5.41, 5.74) is 7.07. The minimum atomic E-state index is -0.627. The number of anilines is 3. The Morgan fingerprint density at radius 2 is 1.71 bits per heavy atom. The highest BCUT2D eigenvalue weighted by Gasteiger charge is 2.28. The number of benzene rings is 2. The number of carbonyl (C=O) groups is 2. The molecule has 7 nitrogen and oxygen atoms in total. The van der Waals surface area contributed by atoms with Gasteiger partial charge in [0.2, 0.25) is 0 Å². The van der Waals surface area contributed by atoms with E-state index in [0.717, 1.165) is 66.5 Å². The van der Waals surface area contributed by atoms with Crippen LogP contribution < -0.4 is 15.5 Å². The second-order valence-corrected chi connectivity index (χ2v) is 9.87. The van der Waals surface area contributed by atoms with Gasteiger partial charge in [-0.2, -0.15) is 0 Å². The summed E-state index contributed by atoms with van der Waals surface area (Å²) in [6.07, 6.45) is 1.90. The molecule has 0 saturated heterocycles. The lowest BCUT2D eigenvalue weighted by atomic mass is 10.0. The van der Waals surface area contributed by atoms with Gasteiger partial charge in [0, 0.05) is 55.0 Å². The Morgan fingerprint density at radius 1 is 0.974 bits per heavy atom. The number of ketones is 1. The summed E-state index contributed by atoms with van der Waals surface area (Å²) in [5, 5.41) is 6.19. The lowest BCUT2D eigenvalue weighted by Crippen LogP contribution is -2.26. The quantitative estimate of drug-likeness (QED) is 0.232. The molecule has 38 heavy (non-hydrogen) atoms. The van der Waals surface area contributed by atoms with Crippen molar-refractivity contribution in [1.29, 1.82) is 0 Å². The van der Waals surface area contributed by atoms with Gasteiger partial charge in [0.15, 0.2) is 0 Å². The number of likely N-dealkylation sites (N-methyl/N-ethyl adjacent to an activating group) is 1. The predicted octanol–water partition coefficient (Wildman–Crippen LogP) is 5.48. The third-order valence-corrected chi connectivity index (χ3v) is 6.90. The van der Waals surface area contributed by atoms with Crippen LogP contribution >= 0.6 is 0 Å². The van der Waals surface area contributed by atoms with Gasteiger partial charge in [-0.15, -0.1) is 0 Å². The van der Waals surface area contributed by atoms with Crippen molar-refractivity contribution in [3.63, 3.8) is 0 Å². The number of carbonyl (C=O) groups excluding carboxylic acids is 2. The van der Waals surface area contributed by atoms with Crippen LogP contribution in [-0.4, -0.2) is 41.4 Å². The average molecular weight is 508 g/mol. The minimum Gasteiger partial charge on any atom is -0.383 e. The van der Waals surface area contributed by atoms with Crippen LogP contribution in [0.25, 0.3) is 11.1 Å². The molecule has 0 unspecified atom stereocenters. The molecule has 3 heterocycles. The van der Waals surface area contributed by atoms with Gasteiger partial charge in [-0.05, 0) is 80.3 Å². The van der Waals surface area contributed by atoms with E-state index < -0.39 is 11.7 Å². The fourth-order valence-electron chi connectivity index (χ4n) is 5.03. The number of Topliss-reactive ketones (excluding diaryl/α,β-unsaturated/α-hetero) is 1. The Hall–Kier alpha value is -4.39. The summed E-state index contributed by atoms with van der Waals surface area (Å²) in [6.45, 7) is 6.35. The molecule has 0 saturated carbocycles. The van der Waals surface area contributed by atoms with E-state index in [0.29, 0.717) is 11.4 Å². The molecule has 1 amide bonds. The first kappa shape index (κ1) is 25.3. The number of hydrogen-bond donors (Lipinski definition) is 2. The molecule has 0 spiro atoms. The molecule has 2 aromatic heterocycles. The first-order chi connectivity index (χ1) is 18.4. The first-order valence-corrected chi connectivity index (χ1v) is 13.0. The van der Waals surface area contributed by atoms with E-state index in [1.165, 1.54) is 5.56 Å². The number of fused-ring (bicyclic) bond motifs is 1. The fourth-order valence-corrected chi connectivity index (χ4v) is 5.03. The first-order valence-electron chi connectivity index (χ1n) is 13.0. The topological polar surface area (TPSA) is 79.3 Å². The van der Waals surface area contributed by atoms with Crippen molar-refractivity contribution >= 4 is 28.9 Å². The van der Waals surface area contributed by atoms with E-state index in [1.54, 1.807) is 0 Å². The fraction of sp³-hybridized carbons (Fsp3) is 0.258. The van der Waals surface area contributed by atoms with Crippen molar-refractivity contribution in [3.8, 4) is 11.1 Å². The molecule has 1 aliphatic rings. The molecule has 2 aromatic carbocycles. The molecule has 4 aromatic rings. The number of amides is 1. The number of rotatable bonds is 9. The summed E-state index contributed by atoms with van der Waals surface area (Å²) in [7, 11) is 2.03. The maximum atomic E-state index is 13.3. The van der Waals surface area contributed by atoms with Crippen LogP contribution in [0, 0.1) is 13.8 Å². The summed E-state index contributed by atoms with van der Waals surface area (Å²) >= 11 is 0. The Labute approximate surface area is 223 Å². The second-order valence-electron chi connectivity index (χ2n) is 9.87. The van der Waals surface area contributed by atoms with Gasteiger partial charge < -0.3 is 20.1 Å². The SMILES string of the molecule is Cc1cc(C)nc(N(C)CCNc2ccc(NC(=O)C(=O)c3c(-c4ccccc4)cc4n3CCC4)cc2)c1. The Kier molecular flexibility index (Phi) is 7.26. The molecule has 0 aliphatic carbocycles. The largest absolute Gasteiger partial charge is 0.383 e. The summed E-state index contributed by atoms with van der Waals surface area (Å²) in [4.78, 5) is 33.1. The zero-order chi connectivity index (χ0) is 26.6. The summed E-state index contributed by atoms with van der Waals surface area (Å²) < 4.78 is 2.00. The van der Waals surface area contributed by atoms with Crippen LogP contribution in [0.3, 0.4) is 0 Å². The number of hydrogen-bond acceptors (Lipinski definition) is 5. The van der Waals surface area contributed by atoms with E-state index in [9.17, 15) is 9.59 Å². The van der Waals surface area contributed by atoms with E-state index in [1.807, 2.05) is 73.1 Å². The molecule has 7 heteroatoms. The van der Waals surface area contributed by atoms with Gasteiger partial charge in [0.05, 0.1) is 0 Å². The Morgan fingerprint density at radius 3 is 2.45 bits per heavy atom. The van der Waals surface area contributed by atoms with Crippen molar-refractivity contribution < 1.29 is 9.59 Å². The van der Waals surface area contributed by atoms with Gasteiger partial charge in [0.25, 0.3) is 11.7 Å². The van der Waals surface area contributed by atoms with Crippen molar-refractivity contribution in [2.75, 3.05) is 35.7 Å². The van der Waals surface area contributed by atoms with Crippen LogP contribution in [0.4, 0.5) is 17.2 Å². The lowest BCUT2D eigenvalue weighted by molar-refractivity contribution is -0.112. The van der Waals surface area contributed by atoms with E-state index in [2.05, 4.69) is 45.6 Å². The number of aromatic nitrogens is 2. The highest BCUT2D eigenvalue weighted by molar-refractivity contribution is 6.47. The molecule has 5 rings (SSSR count). The number of nitrogens with one attached hydrogen (secondary N) is 2. The maximum absolute atomic E-state index is 13.3. The number of pyridine rings is 1. The highest BCUT2D eigenvalue weighted by Crippen LogP contribution is 2.32. The van der Waals surface area contributed by atoms with Gasteiger partial charge >= 0.3 is 0 Å². The third-order valence-electron chi connectivity index (χ3n) is 6.90. The Balaban J connectivity index is 1.21. The second kappa shape index (κ2) is 10.9. The number of aryl methyl sites for hydroxylation is 3. The number of nitrogens with zero attached hydrogens (tertiary/aromatic N) is 3. The van der Waals surface area contributed by atoms with Gasteiger partial charge in [0.1, 0.15) is 11.5 Å². The normalized spacial score (nSPS) is 12.2. The van der Waals surface area contributed by atoms with Gasteiger partial charge in [-0.25, -0.2) is 4.98 Å². The van der Waals surface area contributed by atoms with Crippen molar-refractivity contribution in [2.45, 2.75) is 33.2 Å². The van der Waals surface area contributed by atoms with Crippen molar-refractivity contribution in [3.05, 3.63) is 95.4 Å². The third kappa shape index (κ3) is 5.47. The predicted molar refractivity (Wildman–Crippen MR) is 153 cm³/mol. The minimum absolute atomic E-state index is 0.474. The molecule has 1 aliphatic heterocycles. The zero-order valence-electron chi connectivity index (χ0n) is 22.1. The molecule has 0 radical (unpaired) electrons. The van der Waals surface area contributed by atoms with Crippen LogP contribution in [-0.2, 0) is 17.8 Å². The summed E-state index contributed by atoms with van der Waals surface area (Å²) in [6, 6.07) is 23.4. The van der Waals surface area contributed by atoms with Crippen LogP contribution in [0.1, 0.15) is 33.9 Å². The molecule has 0 bridgehead atoms. The standard InChI is InChI=1S/C31H33N5O2/c1-21-18-22(2)33-28(19-21)35(3)17-15-32-24-11-13-25(14-12-24)34-31(38)30(37)29-27(23-8-5-4-6-9-23)20-26-10-7-16-36(26)29/h4-6,8-9,11-14,18-20,32H,7,10,15-17H2,1-3H3,(H,34,38). The van der Waals surface area contributed by atoms with E-state index >= 15 is 0 Å². The molecule has 2 N–H and O–H groups in total. The summed E-state index contributed by atoms with van der Waals surface area (Å²) in [5.74, 6) is -0.184. The van der Waals surface area contributed by atoms with Crippen molar-refractivity contribution in [1.82, 2.24) is 9.55 Å². The average Bonchev–Trinajstić information content (AvgIpc) is 3.51. The zero-order valence-corrected chi connectivity index (χ0v) is 22.1. The lowest BCUT2D eigenvalue weighted by Gasteiger charge is -2.20. The van der Waals surface area contributed by atoms with Gasteiger partial charge in [-0.3, -0.25) is 9.59 Å². The van der Waals surface area contributed by atoms with Crippen LogP contribution in [0.5, 0.6) is 0 Å². The van der Waals surface area contributed by atoms with Crippen LogP contribution in [0.15, 0.2) is 72.8 Å². The molecule has 0 atom stereocenters. The maximum Gasteiger partial charge on any atom is 0.298 e. The molecule has 0 fully saturated rings. The highest BCUT2D eigenvalue weighted by atomic mass is 16.2. The van der Waals surface area contributed by atoms with Gasteiger partial charge in [-0.1, -0.05) is 30.3 Å². The van der Waals surface area contributed by atoms with E-state index in [-0.39, 0.29) is 0 Å². The van der Waals surface area contributed by atoms with Crippen LogP contribution in [0.2, 0.25) is 0 Å². The smallest absolute Gasteiger partial charge is 0.298 e.